The van der Waals surface area contributed by atoms with Crippen LogP contribution in [0.3, 0.4) is 0 Å². The molecular weight excluding hydrogens is 574 g/mol. The van der Waals surface area contributed by atoms with Gasteiger partial charge in [-0.2, -0.15) is 0 Å². The van der Waals surface area contributed by atoms with Gasteiger partial charge in [0.1, 0.15) is 12.3 Å². The van der Waals surface area contributed by atoms with E-state index in [2.05, 4.69) is 4.99 Å². The van der Waals surface area contributed by atoms with Crippen molar-refractivity contribution >= 4 is 51.1 Å². The molecule has 1 amide bonds. The molecule has 0 heterocycles. The molecule has 0 aliphatic heterocycles. The topological polar surface area (TPSA) is 208 Å². The van der Waals surface area contributed by atoms with Gasteiger partial charge in [-0.3, -0.25) is 9.59 Å². The fraction of sp³-hybridized carbons (Fsp3) is 0.185. The second kappa shape index (κ2) is 13.7. The van der Waals surface area contributed by atoms with Gasteiger partial charge in [-0.15, -0.1) is 0 Å². The zero-order valence-electron chi connectivity index (χ0n) is 21.7. The van der Waals surface area contributed by atoms with E-state index in [1.54, 1.807) is 42.5 Å². The molecule has 3 aromatic carbocycles. The predicted molar refractivity (Wildman–Crippen MR) is 153 cm³/mol. The molecule has 0 aromatic heterocycles. The maximum atomic E-state index is 12.9. The molecule has 3 aromatic rings. The number of halogens is 1. The molecule has 3 rings (SSSR count). The SMILES string of the molecule is NC(N)=Nc1ccc(C(=O)Oc2ccc(CCC(=O)N(CC(=O)O)Cc3cccc(CS(N)(=O)=O)c3)c(Cl)c2)cc1. The van der Waals surface area contributed by atoms with Crippen LogP contribution in [0.4, 0.5) is 5.69 Å². The number of carbonyl (C=O) groups excluding carboxylic acids is 2. The van der Waals surface area contributed by atoms with Gasteiger partial charge in [0.15, 0.2) is 5.96 Å². The quantitative estimate of drug-likeness (QED) is 0.104. The second-order valence-corrected chi connectivity index (χ2v) is 11.0. The highest BCUT2D eigenvalue weighted by atomic mass is 35.5. The first-order valence-electron chi connectivity index (χ1n) is 12.1. The molecule has 14 heteroatoms. The number of carboxylic acid groups (broad SMARTS) is 1. The van der Waals surface area contributed by atoms with Crippen LogP contribution in [-0.2, 0) is 38.3 Å². The molecule has 0 saturated heterocycles. The summed E-state index contributed by atoms with van der Waals surface area (Å²) in [6.07, 6.45) is 0.144. The van der Waals surface area contributed by atoms with Crippen LogP contribution in [0.25, 0.3) is 0 Å². The van der Waals surface area contributed by atoms with E-state index >= 15 is 0 Å². The Hall–Kier alpha value is -4.46. The van der Waals surface area contributed by atoms with Crippen molar-refractivity contribution in [2.75, 3.05) is 6.54 Å². The Labute approximate surface area is 241 Å². The molecule has 0 bridgehead atoms. The highest BCUT2D eigenvalue weighted by Crippen LogP contribution is 2.25. The van der Waals surface area contributed by atoms with E-state index in [4.69, 9.17) is 32.9 Å². The van der Waals surface area contributed by atoms with E-state index in [0.29, 0.717) is 22.4 Å². The van der Waals surface area contributed by atoms with E-state index in [-0.39, 0.29) is 47.4 Å². The summed E-state index contributed by atoms with van der Waals surface area (Å²) in [5.41, 5.74) is 13.0. The number of amides is 1. The average molecular weight is 602 g/mol. The average Bonchev–Trinajstić information content (AvgIpc) is 2.86. The minimum Gasteiger partial charge on any atom is -0.480 e. The van der Waals surface area contributed by atoms with Crippen molar-refractivity contribution in [1.82, 2.24) is 4.90 Å². The summed E-state index contributed by atoms with van der Waals surface area (Å²) in [6, 6.07) is 17.1. The number of esters is 1. The predicted octanol–water partition coefficient (Wildman–Crippen LogP) is 2.30. The van der Waals surface area contributed by atoms with E-state index in [1.807, 2.05) is 0 Å². The summed E-state index contributed by atoms with van der Waals surface area (Å²) >= 11 is 6.37. The number of benzene rings is 3. The van der Waals surface area contributed by atoms with Crippen LogP contribution >= 0.6 is 11.6 Å². The summed E-state index contributed by atoms with van der Waals surface area (Å²) in [5, 5.41) is 14.7. The smallest absolute Gasteiger partial charge is 0.343 e. The number of carbonyl (C=O) groups is 3. The van der Waals surface area contributed by atoms with Crippen LogP contribution in [0.5, 0.6) is 5.75 Å². The number of sulfonamides is 1. The number of carboxylic acids is 1. The molecule has 41 heavy (non-hydrogen) atoms. The minimum atomic E-state index is -3.76. The van der Waals surface area contributed by atoms with Crippen molar-refractivity contribution in [2.45, 2.75) is 25.1 Å². The lowest BCUT2D eigenvalue weighted by atomic mass is 10.1. The number of guanidine groups is 1. The van der Waals surface area contributed by atoms with Crippen LogP contribution < -0.4 is 21.3 Å². The third kappa shape index (κ3) is 10.2. The minimum absolute atomic E-state index is 0.0425. The zero-order valence-corrected chi connectivity index (χ0v) is 23.3. The van der Waals surface area contributed by atoms with Crippen LogP contribution in [0.2, 0.25) is 5.02 Å². The van der Waals surface area contributed by atoms with Crippen molar-refractivity contribution in [2.24, 2.45) is 21.6 Å². The molecule has 0 unspecified atom stereocenters. The number of aliphatic carboxylic acids is 1. The first kappa shape index (κ1) is 31.1. The van der Waals surface area contributed by atoms with Crippen LogP contribution in [0.1, 0.15) is 33.5 Å². The molecule has 0 atom stereocenters. The summed E-state index contributed by atoms with van der Waals surface area (Å²) < 4.78 is 28.2. The molecule has 0 saturated carbocycles. The van der Waals surface area contributed by atoms with Crippen molar-refractivity contribution < 1.29 is 32.6 Å². The molecule has 12 nitrogen and oxygen atoms in total. The van der Waals surface area contributed by atoms with E-state index < -0.39 is 34.4 Å². The molecule has 0 aliphatic carbocycles. The summed E-state index contributed by atoms with van der Waals surface area (Å²) in [4.78, 5) is 41.9. The van der Waals surface area contributed by atoms with E-state index in [1.165, 1.54) is 24.3 Å². The van der Waals surface area contributed by atoms with Crippen LogP contribution in [0.15, 0.2) is 71.7 Å². The van der Waals surface area contributed by atoms with Gasteiger partial charge in [0, 0.05) is 18.0 Å². The Morgan fingerprint density at radius 1 is 0.976 bits per heavy atom. The van der Waals surface area contributed by atoms with Gasteiger partial charge >= 0.3 is 11.9 Å². The monoisotopic (exact) mass is 601 g/mol. The number of hydrogen-bond acceptors (Lipinski definition) is 7. The van der Waals surface area contributed by atoms with Gasteiger partial charge in [0.25, 0.3) is 0 Å². The molecule has 0 radical (unpaired) electrons. The zero-order chi connectivity index (χ0) is 30.2. The molecule has 0 aliphatic rings. The Morgan fingerprint density at radius 3 is 2.27 bits per heavy atom. The summed E-state index contributed by atoms with van der Waals surface area (Å²) in [6.45, 7) is -0.590. The normalized spacial score (nSPS) is 11.0. The third-order valence-electron chi connectivity index (χ3n) is 5.62. The van der Waals surface area contributed by atoms with Crippen molar-refractivity contribution in [1.29, 1.82) is 0 Å². The third-order valence-corrected chi connectivity index (χ3v) is 6.70. The summed E-state index contributed by atoms with van der Waals surface area (Å²) in [5.74, 6) is -2.58. The fourth-order valence-corrected chi connectivity index (χ4v) is 4.76. The number of aryl methyl sites for hydroxylation is 1. The number of nitrogens with zero attached hydrogens (tertiary/aromatic N) is 2. The lowest BCUT2D eigenvalue weighted by Crippen LogP contribution is -2.35. The molecule has 0 fully saturated rings. The van der Waals surface area contributed by atoms with Crippen LogP contribution in [-0.4, -0.2) is 48.8 Å². The number of aliphatic imine (C=N–C) groups is 1. The fourth-order valence-electron chi connectivity index (χ4n) is 3.85. The highest BCUT2D eigenvalue weighted by Gasteiger charge is 2.19. The standard InChI is InChI=1S/C27H28ClN5O7S/c28-23-13-22(40-26(37)20-4-8-21(9-5-20)32-27(29)30)10-6-19(23)7-11-24(34)33(15-25(35)36)14-17-2-1-3-18(12-17)16-41(31,38)39/h1-6,8-10,12-13H,7,11,14-16H2,(H,35,36)(H4,29,30,32)(H2,31,38,39). The van der Waals surface area contributed by atoms with Gasteiger partial charge in [0.05, 0.1) is 17.0 Å². The lowest BCUT2D eigenvalue weighted by molar-refractivity contribution is -0.144. The number of rotatable bonds is 12. The number of nitrogens with two attached hydrogens (primary N) is 3. The Bertz CT molecular complexity index is 1570. The van der Waals surface area contributed by atoms with Gasteiger partial charge in [0.2, 0.25) is 15.9 Å². The Kier molecular flexibility index (Phi) is 10.4. The van der Waals surface area contributed by atoms with E-state index in [0.717, 1.165) is 4.90 Å². The van der Waals surface area contributed by atoms with Gasteiger partial charge < -0.3 is 26.2 Å². The van der Waals surface area contributed by atoms with Crippen LogP contribution in [0, 0.1) is 0 Å². The maximum absolute atomic E-state index is 12.9. The number of ether oxygens (including phenoxy) is 1. The number of hydrogen-bond donors (Lipinski definition) is 4. The van der Waals surface area contributed by atoms with Gasteiger partial charge in [-0.1, -0.05) is 41.9 Å². The first-order valence-corrected chi connectivity index (χ1v) is 14.2. The molecule has 216 valence electrons. The highest BCUT2D eigenvalue weighted by molar-refractivity contribution is 7.88. The number of primary sulfonamides is 1. The summed E-state index contributed by atoms with van der Waals surface area (Å²) in [7, 11) is -3.76. The lowest BCUT2D eigenvalue weighted by Gasteiger charge is -2.21. The Balaban J connectivity index is 1.63. The van der Waals surface area contributed by atoms with Crippen molar-refractivity contribution in [3.8, 4) is 5.75 Å². The largest absolute Gasteiger partial charge is 0.480 e. The molecular formula is C27H28ClN5O7S. The molecule has 7 N–H and O–H groups in total. The Morgan fingerprint density at radius 2 is 1.66 bits per heavy atom. The van der Waals surface area contributed by atoms with Gasteiger partial charge in [-0.25, -0.2) is 23.3 Å². The van der Waals surface area contributed by atoms with Crippen molar-refractivity contribution in [3.63, 3.8) is 0 Å². The maximum Gasteiger partial charge on any atom is 0.343 e. The van der Waals surface area contributed by atoms with Gasteiger partial charge in [-0.05, 0) is 59.5 Å². The first-order chi connectivity index (χ1) is 19.3. The van der Waals surface area contributed by atoms with E-state index in [9.17, 15) is 27.9 Å². The molecule has 0 spiro atoms. The second-order valence-electron chi connectivity index (χ2n) is 9.00. The van der Waals surface area contributed by atoms with Crippen molar-refractivity contribution in [3.05, 3.63) is 94.0 Å².